The van der Waals surface area contributed by atoms with E-state index in [2.05, 4.69) is 15.8 Å². The second-order valence-electron chi connectivity index (χ2n) is 6.67. The van der Waals surface area contributed by atoms with Gasteiger partial charge in [-0.15, -0.1) is 0 Å². The summed E-state index contributed by atoms with van der Waals surface area (Å²) < 4.78 is 5.29. The molecular formula is C24H20ClN3O4. The van der Waals surface area contributed by atoms with Gasteiger partial charge in [-0.1, -0.05) is 36.7 Å². The molecule has 0 fully saturated rings. The minimum absolute atomic E-state index is 0.338. The second-order valence-corrected chi connectivity index (χ2v) is 7.11. The van der Waals surface area contributed by atoms with Gasteiger partial charge < -0.3 is 10.1 Å². The van der Waals surface area contributed by atoms with Gasteiger partial charge in [-0.05, 0) is 72.1 Å². The number of aryl methyl sites for hydroxylation is 1. The highest BCUT2D eigenvalue weighted by Crippen LogP contribution is 2.16. The molecule has 2 N–H and O–H groups in total. The van der Waals surface area contributed by atoms with Gasteiger partial charge in [0.25, 0.3) is 0 Å². The van der Waals surface area contributed by atoms with Crippen molar-refractivity contribution in [1.82, 2.24) is 5.43 Å². The number of nitrogens with one attached hydrogen (secondary N) is 2. The first-order valence-electron chi connectivity index (χ1n) is 9.75. The second kappa shape index (κ2) is 10.9. The lowest BCUT2D eigenvalue weighted by Crippen LogP contribution is -2.32. The van der Waals surface area contributed by atoms with E-state index < -0.39 is 17.8 Å². The van der Waals surface area contributed by atoms with Crippen LogP contribution in [0.4, 0.5) is 5.69 Å². The first-order chi connectivity index (χ1) is 15.4. The molecule has 3 aromatic carbocycles. The first-order valence-corrected chi connectivity index (χ1v) is 10.1. The number of carbonyl (C=O) groups excluding carboxylic acids is 3. The number of ether oxygens (including phenoxy) is 1. The van der Waals surface area contributed by atoms with Crippen LogP contribution in [0.3, 0.4) is 0 Å². The number of rotatable bonds is 6. The maximum Gasteiger partial charge on any atom is 0.343 e. The lowest BCUT2D eigenvalue weighted by Gasteiger charge is -2.05. The minimum atomic E-state index is -0.895. The molecule has 0 spiro atoms. The third-order valence-corrected chi connectivity index (χ3v) is 4.59. The van der Waals surface area contributed by atoms with Crippen molar-refractivity contribution in [3.05, 3.63) is 94.5 Å². The molecule has 0 atom stereocenters. The van der Waals surface area contributed by atoms with Gasteiger partial charge in [0.1, 0.15) is 5.75 Å². The van der Waals surface area contributed by atoms with Gasteiger partial charge in [0.15, 0.2) is 0 Å². The lowest BCUT2D eigenvalue weighted by molar-refractivity contribution is -0.136. The predicted octanol–water partition coefficient (Wildman–Crippen LogP) is 4.21. The maximum atomic E-state index is 12.1. The fourth-order valence-corrected chi connectivity index (χ4v) is 2.82. The fraction of sp³-hybridized carbons (Fsp3) is 0.0833. The standard InChI is InChI=1S/C24H20ClN3O4/c1-2-16-6-10-20(11-7-16)27-22(29)23(30)28-26-15-17-8-12-21(13-9-17)32-24(31)18-4-3-5-19(25)14-18/h3-15H,2H2,1H3,(H,27,29)(H,28,30)/b26-15-. The SMILES string of the molecule is CCc1ccc(NC(=O)C(=O)N/N=C\c2ccc(OC(=O)c3cccc(Cl)c3)cc2)cc1. The van der Waals surface area contributed by atoms with E-state index in [1.165, 1.54) is 12.3 Å². The molecule has 8 heteroatoms. The minimum Gasteiger partial charge on any atom is -0.423 e. The van der Waals surface area contributed by atoms with E-state index in [1.54, 1.807) is 54.6 Å². The molecule has 0 heterocycles. The van der Waals surface area contributed by atoms with E-state index in [0.717, 1.165) is 12.0 Å². The number of anilines is 1. The number of benzene rings is 3. The fourth-order valence-electron chi connectivity index (χ4n) is 2.63. The van der Waals surface area contributed by atoms with Gasteiger partial charge in [0.05, 0.1) is 11.8 Å². The van der Waals surface area contributed by atoms with Crippen molar-refractivity contribution in [2.24, 2.45) is 5.10 Å². The Labute approximate surface area is 190 Å². The molecule has 7 nitrogen and oxygen atoms in total. The summed E-state index contributed by atoms with van der Waals surface area (Å²) in [6.07, 6.45) is 2.25. The third kappa shape index (κ3) is 6.52. The summed E-state index contributed by atoms with van der Waals surface area (Å²) in [5.74, 6) is -1.91. The number of hydrazone groups is 1. The molecular weight excluding hydrogens is 430 g/mol. The molecule has 162 valence electrons. The number of carbonyl (C=O) groups is 3. The summed E-state index contributed by atoms with van der Waals surface area (Å²) in [5.41, 5.74) is 4.78. The molecule has 0 unspecified atom stereocenters. The predicted molar refractivity (Wildman–Crippen MR) is 123 cm³/mol. The monoisotopic (exact) mass is 449 g/mol. The normalized spacial score (nSPS) is 10.6. The molecule has 32 heavy (non-hydrogen) atoms. The quantitative estimate of drug-likeness (QED) is 0.194. The topological polar surface area (TPSA) is 96.9 Å². The van der Waals surface area contributed by atoms with Crippen LogP contribution in [0.2, 0.25) is 5.02 Å². The van der Waals surface area contributed by atoms with Gasteiger partial charge >= 0.3 is 17.8 Å². The van der Waals surface area contributed by atoms with Crippen LogP contribution in [0.1, 0.15) is 28.4 Å². The average Bonchev–Trinajstić information content (AvgIpc) is 2.80. The van der Waals surface area contributed by atoms with Crippen molar-refractivity contribution in [2.45, 2.75) is 13.3 Å². The van der Waals surface area contributed by atoms with Gasteiger partial charge in [-0.25, -0.2) is 10.2 Å². The van der Waals surface area contributed by atoms with Crippen LogP contribution in [0, 0.1) is 0 Å². The Morgan fingerprint density at radius 2 is 1.69 bits per heavy atom. The Bertz CT molecular complexity index is 1140. The van der Waals surface area contributed by atoms with Crippen molar-refractivity contribution in [3.63, 3.8) is 0 Å². The van der Waals surface area contributed by atoms with Crippen molar-refractivity contribution in [2.75, 3.05) is 5.32 Å². The number of halogens is 1. The molecule has 0 radical (unpaired) electrons. The summed E-state index contributed by atoms with van der Waals surface area (Å²) in [4.78, 5) is 36.0. The molecule has 0 saturated carbocycles. The third-order valence-electron chi connectivity index (χ3n) is 4.36. The Balaban J connectivity index is 1.50. The summed E-state index contributed by atoms with van der Waals surface area (Å²) in [6, 6.07) is 20.1. The van der Waals surface area contributed by atoms with Gasteiger partial charge in [-0.2, -0.15) is 5.10 Å². The molecule has 0 saturated heterocycles. The van der Waals surface area contributed by atoms with Crippen molar-refractivity contribution in [3.8, 4) is 5.75 Å². The van der Waals surface area contributed by atoms with Crippen LogP contribution in [-0.4, -0.2) is 24.0 Å². The van der Waals surface area contributed by atoms with Gasteiger partial charge in [0, 0.05) is 10.7 Å². The van der Waals surface area contributed by atoms with Crippen molar-refractivity contribution >= 4 is 41.3 Å². The largest absolute Gasteiger partial charge is 0.423 e. The molecule has 0 aliphatic heterocycles. The zero-order valence-corrected chi connectivity index (χ0v) is 17.9. The van der Waals surface area contributed by atoms with Crippen LogP contribution < -0.4 is 15.5 Å². The molecule has 0 aliphatic rings. The van der Waals surface area contributed by atoms with E-state index in [4.69, 9.17) is 16.3 Å². The number of hydrogen-bond acceptors (Lipinski definition) is 5. The Morgan fingerprint density at radius 1 is 0.969 bits per heavy atom. The van der Waals surface area contributed by atoms with Crippen LogP contribution in [0.5, 0.6) is 5.75 Å². The smallest absolute Gasteiger partial charge is 0.343 e. The summed E-state index contributed by atoms with van der Waals surface area (Å²) in [6.45, 7) is 2.03. The van der Waals surface area contributed by atoms with E-state index in [-0.39, 0.29) is 0 Å². The highest BCUT2D eigenvalue weighted by Gasteiger charge is 2.13. The molecule has 3 aromatic rings. The van der Waals surface area contributed by atoms with E-state index in [1.807, 2.05) is 19.1 Å². The number of esters is 1. The molecule has 0 aromatic heterocycles. The van der Waals surface area contributed by atoms with Crippen LogP contribution in [-0.2, 0) is 16.0 Å². The molecule has 0 aliphatic carbocycles. The zero-order chi connectivity index (χ0) is 22.9. The number of nitrogens with zero attached hydrogens (tertiary/aromatic N) is 1. The Morgan fingerprint density at radius 3 is 2.34 bits per heavy atom. The van der Waals surface area contributed by atoms with Crippen LogP contribution in [0.15, 0.2) is 77.9 Å². The molecule has 0 bridgehead atoms. The highest BCUT2D eigenvalue weighted by molar-refractivity contribution is 6.39. The summed E-state index contributed by atoms with van der Waals surface area (Å²) in [7, 11) is 0. The van der Waals surface area contributed by atoms with Gasteiger partial charge in [-0.3, -0.25) is 9.59 Å². The van der Waals surface area contributed by atoms with E-state index >= 15 is 0 Å². The van der Waals surface area contributed by atoms with Crippen molar-refractivity contribution in [1.29, 1.82) is 0 Å². The molecule has 3 rings (SSSR count). The maximum absolute atomic E-state index is 12.1. The zero-order valence-electron chi connectivity index (χ0n) is 17.2. The number of hydrogen-bond donors (Lipinski definition) is 2. The summed E-state index contributed by atoms with van der Waals surface area (Å²) in [5, 5.41) is 6.72. The number of amides is 2. The lowest BCUT2D eigenvalue weighted by atomic mass is 10.1. The van der Waals surface area contributed by atoms with Crippen LogP contribution in [0.25, 0.3) is 0 Å². The highest BCUT2D eigenvalue weighted by atomic mass is 35.5. The summed E-state index contributed by atoms with van der Waals surface area (Å²) >= 11 is 5.88. The van der Waals surface area contributed by atoms with Crippen LogP contribution >= 0.6 is 11.6 Å². The van der Waals surface area contributed by atoms with E-state index in [9.17, 15) is 14.4 Å². The average molecular weight is 450 g/mol. The Hall–Kier alpha value is -3.97. The van der Waals surface area contributed by atoms with Gasteiger partial charge in [0.2, 0.25) is 0 Å². The molecule has 2 amide bonds. The van der Waals surface area contributed by atoms with E-state index in [0.29, 0.717) is 27.6 Å². The first kappa shape index (κ1) is 22.7. The van der Waals surface area contributed by atoms with Crippen molar-refractivity contribution < 1.29 is 19.1 Å². The Kier molecular flexibility index (Phi) is 7.72.